The van der Waals surface area contributed by atoms with E-state index >= 15 is 0 Å². The number of hydrogen-bond acceptors (Lipinski definition) is 7. The Morgan fingerprint density at radius 1 is 0.796 bits per heavy atom. The molecular weight excluding hydrogens is 693 g/mol. The largest absolute Gasteiger partial charge is 0.497 e. The predicted molar refractivity (Wildman–Crippen MR) is 218 cm³/mol. The smallest absolute Gasteiger partial charge is 0.326 e. The third kappa shape index (κ3) is 7.59. The highest BCUT2D eigenvalue weighted by atomic mass is 28.4. The molecule has 4 aromatic carbocycles. The molecule has 1 saturated heterocycles. The highest BCUT2D eigenvalue weighted by molar-refractivity contribution is 6.99. The Morgan fingerprint density at radius 3 is 1.83 bits per heavy atom. The normalized spacial score (nSPS) is 16.3. The summed E-state index contributed by atoms with van der Waals surface area (Å²) in [5.41, 5.74) is 3.55. The van der Waals surface area contributed by atoms with Crippen LogP contribution in [0.4, 0.5) is 5.82 Å². The third-order valence-electron chi connectivity index (χ3n) is 10.6. The number of rotatable bonds is 13. The number of hydrogen-bond donors (Lipinski definition) is 1. The summed E-state index contributed by atoms with van der Waals surface area (Å²) in [4.78, 5) is 24.0. The van der Waals surface area contributed by atoms with Crippen LogP contribution in [0.25, 0.3) is 11.0 Å². The molecule has 0 spiro atoms. The molecule has 0 saturated carbocycles. The van der Waals surface area contributed by atoms with Crippen molar-refractivity contribution < 1.29 is 18.6 Å². The third-order valence-corrected chi connectivity index (χ3v) is 15.6. The number of anilines is 1. The lowest BCUT2D eigenvalue weighted by atomic mass is 10.1. The number of nitrogens with one attached hydrogen (secondary N) is 1. The molecule has 1 fully saturated rings. The van der Waals surface area contributed by atoms with E-state index in [1.807, 2.05) is 34.9 Å². The van der Waals surface area contributed by atoms with Gasteiger partial charge in [-0.3, -0.25) is 4.57 Å². The van der Waals surface area contributed by atoms with Gasteiger partial charge in [0.25, 0.3) is 8.32 Å². The van der Waals surface area contributed by atoms with Crippen LogP contribution in [0.1, 0.15) is 50.8 Å². The van der Waals surface area contributed by atoms with Gasteiger partial charge in [0.2, 0.25) is 0 Å². The van der Waals surface area contributed by atoms with Crippen LogP contribution >= 0.6 is 0 Å². The maximum absolute atomic E-state index is 13.8. The molecule has 280 valence electrons. The Morgan fingerprint density at radius 2 is 1.35 bits per heavy atom. The van der Waals surface area contributed by atoms with E-state index < -0.39 is 8.32 Å². The number of H-pyrrole nitrogens is 1. The maximum Gasteiger partial charge on any atom is 0.326 e. The zero-order valence-electron chi connectivity index (χ0n) is 31.8. The lowest BCUT2D eigenvalue weighted by Gasteiger charge is -2.44. The molecule has 2 unspecified atom stereocenters. The zero-order chi connectivity index (χ0) is 37.7. The second-order valence-corrected chi connectivity index (χ2v) is 19.3. The van der Waals surface area contributed by atoms with E-state index in [0.29, 0.717) is 37.6 Å². The minimum atomic E-state index is -2.70. The van der Waals surface area contributed by atoms with E-state index in [9.17, 15) is 4.79 Å². The number of imidazole rings is 1. The average Bonchev–Trinajstić information content (AvgIpc) is 3.54. The Kier molecular flexibility index (Phi) is 11.1. The number of aromatic nitrogens is 3. The first-order chi connectivity index (χ1) is 26.2. The first-order valence-corrected chi connectivity index (χ1v) is 20.6. The summed E-state index contributed by atoms with van der Waals surface area (Å²) >= 11 is 0. The molecule has 0 radical (unpaired) electrons. The van der Waals surface area contributed by atoms with Gasteiger partial charge in [0, 0.05) is 19.3 Å². The number of aromatic amines is 1. The van der Waals surface area contributed by atoms with Crippen LogP contribution in [-0.4, -0.2) is 56.4 Å². The lowest BCUT2D eigenvalue weighted by Crippen LogP contribution is -2.67. The van der Waals surface area contributed by atoms with Gasteiger partial charge in [0.1, 0.15) is 17.0 Å². The Bertz CT molecular complexity index is 2080. The first-order valence-electron chi connectivity index (χ1n) is 18.7. The van der Waals surface area contributed by atoms with Crippen molar-refractivity contribution in [3.8, 4) is 11.5 Å². The van der Waals surface area contributed by atoms with Gasteiger partial charge < -0.3 is 28.5 Å². The number of pyridine rings is 1. The van der Waals surface area contributed by atoms with Crippen molar-refractivity contribution in [3.05, 3.63) is 143 Å². The molecule has 0 aliphatic carbocycles. The maximum atomic E-state index is 13.8. The highest BCUT2D eigenvalue weighted by Gasteiger charge is 2.50. The van der Waals surface area contributed by atoms with Crippen molar-refractivity contribution in [2.75, 3.05) is 32.3 Å². The van der Waals surface area contributed by atoms with Crippen LogP contribution < -0.4 is 30.4 Å². The van der Waals surface area contributed by atoms with Gasteiger partial charge >= 0.3 is 5.69 Å². The second-order valence-electron chi connectivity index (χ2n) is 15.0. The second kappa shape index (κ2) is 16.1. The predicted octanol–water partition coefficient (Wildman–Crippen LogP) is 7.25. The summed E-state index contributed by atoms with van der Waals surface area (Å²) in [6.45, 7) is 8.93. The monoisotopic (exact) mass is 742 g/mol. The molecule has 0 amide bonds. The van der Waals surface area contributed by atoms with Crippen LogP contribution in [0, 0.1) is 0 Å². The summed E-state index contributed by atoms with van der Waals surface area (Å²) < 4.78 is 26.4. The number of benzene rings is 4. The van der Waals surface area contributed by atoms with Gasteiger partial charge in [-0.1, -0.05) is 106 Å². The summed E-state index contributed by atoms with van der Waals surface area (Å²) in [7, 11) is 0.635. The molecule has 2 atom stereocenters. The van der Waals surface area contributed by atoms with Crippen molar-refractivity contribution in [2.24, 2.45) is 0 Å². The Hall–Kier alpha value is -5.16. The van der Waals surface area contributed by atoms with Crippen LogP contribution in [-0.2, 0) is 22.3 Å². The Labute approximate surface area is 318 Å². The molecule has 2 aromatic heterocycles. The van der Waals surface area contributed by atoms with Crippen molar-refractivity contribution >= 4 is 35.5 Å². The molecule has 7 rings (SSSR count). The van der Waals surface area contributed by atoms with Gasteiger partial charge in [-0.05, 0) is 69.7 Å². The zero-order valence-corrected chi connectivity index (χ0v) is 32.8. The SMILES string of the molecule is COc1ccc(CN(Cc2ccc(OC)cc2)c2nccc3c2[nH]c(=O)n3C2CCC(CO[Si](c3ccccc3)(c3ccccc3)C(C)(C)C)OC2)cc1. The van der Waals surface area contributed by atoms with Gasteiger partial charge in [-0.2, -0.15) is 0 Å². The van der Waals surface area contributed by atoms with Gasteiger partial charge in [0.05, 0.1) is 45.1 Å². The Balaban J connectivity index is 1.13. The molecule has 1 N–H and O–H groups in total. The van der Waals surface area contributed by atoms with Crippen molar-refractivity contribution in [2.45, 2.75) is 63.9 Å². The molecule has 1 aliphatic rings. The van der Waals surface area contributed by atoms with E-state index in [0.717, 1.165) is 41.0 Å². The summed E-state index contributed by atoms with van der Waals surface area (Å²) in [6, 6.07) is 39.3. The summed E-state index contributed by atoms with van der Waals surface area (Å²) in [5, 5.41) is 2.38. The summed E-state index contributed by atoms with van der Waals surface area (Å²) in [6.07, 6.45) is 3.29. The lowest BCUT2D eigenvalue weighted by molar-refractivity contribution is -0.0353. The van der Waals surface area contributed by atoms with Gasteiger partial charge in [-0.15, -0.1) is 0 Å². The fourth-order valence-corrected chi connectivity index (χ4v) is 12.4. The van der Waals surface area contributed by atoms with Gasteiger partial charge in [-0.25, -0.2) is 9.78 Å². The van der Waals surface area contributed by atoms with Crippen LogP contribution in [0.3, 0.4) is 0 Å². The van der Waals surface area contributed by atoms with Crippen molar-refractivity contribution in [3.63, 3.8) is 0 Å². The minimum absolute atomic E-state index is 0.0782. The average molecular weight is 743 g/mol. The number of ether oxygens (including phenoxy) is 3. The van der Waals surface area contributed by atoms with E-state index in [1.54, 1.807) is 20.4 Å². The summed E-state index contributed by atoms with van der Waals surface area (Å²) in [5.74, 6) is 2.31. The van der Waals surface area contributed by atoms with Crippen molar-refractivity contribution in [1.82, 2.24) is 14.5 Å². The minimum Gasteiger partial charge on any atom is -0.497 e. The molecular formula is C44H50N4O5Si. The van der Waals surface area contributed by atoms with Crippen molar-refractivity contribution in [1.29, 1.82) is 0 Å². The first kappa shape index (κ1) is 37.2. The topological polar surface area (TPSA) is 90.8 Å². The van der Waals surface area contributed by atoms with E-state index in [1.165, 1.54) is 10.4 Å². The number of nitrogens with zero attached hydrogens (tertiary/aromatic N) is 3. The molecule has 10 heteroatoms. The molecule has 9 nitrogen and oxygen atoms in total. The van der Waals surface area contributed by atoms with E-state index in [4.69, 9.17) is 23.6 Å². The molecule has 6 aromatic rings. The highest BCUT2D eigenvalue weighted by Crippen LogP contribution is 2.38. The van der Waals surface area contributed by atoms with E-state index in [2.05, 4.69) is 116 Å². The van der Waals surface area contributed by atoms with Crippen LogP contribution in [0.2, 0.25) is 5.04 Å². The number of fused-ring (bicyclic) bond motifs is 1. The fraction of sp³-hybridized carbons (Fsp3) is 0.318. The quantitative estimate of drug-likeness (QED) is 0.125. The molecule has 0 bridgehead atoms. The molecule has 54 heavy (non-hydrogen) atoms. The van der Waals surface area contributed by atoms with Crippen LogP contribution in [0.15, 0.2) is 126 Å². The molecule has 1 aliphatic heterocycles. The van der Waals surface area contributed by atoms with Crippen LogP contribution in [0.5, 0.6) is 11.5 Å². The van der Waals surface area contributed by atoms with Gasteiger partial charge in [0.15, 0.2) is 5.82 Å². The standard InChI is InChI=1S/C44H50N4O5Si/c1-44(2,3)54(38-12-8-6-9-13-38,39-14-10-7-11-15-39)53-31-37-25-20-34(30-52-37)48-40-26-27-45-42(41(40)46-43(48)49)47(28-32-16-21-35(50-4)22-17-32)29-33-18-23-36(51-5)24-19-33/h6-19,21-24,26-27,34,37H,20,25,28-31H2,1-5H3,(H,46,49). The van der Waals surface area contributed by atoms with E-state index in [-0.39, 0.29) is 22.9 Å². The fourth-order valence-electron chi connectivity index (χ4n) is 7.86. The molecule has 3 heterocycles. The number of methoxy groups -OCH3 is 2.